The van der Waals surface area contributed by atoms with Gasteiger partial charge in [0.1, 0.15) is 0 Å². The molecule has 2 unspecified atom stereocenters. The maximum absolute atomic E-state index is 6.03. The van der Waals surface area contributed by atoms with Crippen LogP contribution in [0.5, 0.6) is 0 Å². The smallest absolute Gasteiger partial charge is 0.0904 e. The predicted molar refractivity (Wildman–Crippen MR) is 82.9 cm³/mol. The molecule has 19 heavy (non-hydrogen) atoms. The number of nitrogens with one attached hydrogen (secondary N) is 1. The molecule has 2 atom stereocenters. The van der Waals surface area contributed by atoms with Crippen LogP contribution in [0.4, 0.5) is 0 Å². The SMILES string of the molecule is Cc1sc(C2C(CNC3CC3)OCCN2C)cc1Br. The van der Waals surface area contributed by atoms with Crippen LogP contribution in [0, 0.1) is 6.92 Å². The summed E-state index contributed by atoms with van der Waals surface area (Å²) in [6.45, 7) is 4.99. The van der Waals surface area contributed by atoms with E-state index in [-0.39, 0.29) is 6.10 Å². The average molecular weight is 345 g/mol. The number of ether oxygens (including phenoxy) is 1. The molecule has 0 aromatic carbocycles. The van der Waals surface area contributed by atoms with E-state index in [1.165, 1.54) is 27.1 Å². The van der Waals surface area contributed by atoms with Crippen molar-refractivity contribution in [2.75, 3.05) is 26.7 Å². The van der Waals surface area contributed by atoms with E-state index in [1.807, 2.05) is 11.3 Å². The highest BCUT2D eigenvalue weighted by molar-refractivity contribution is 9.10. The maximum Gasteiger partial charge on any atom is 0.0904 e. The van der Waals surface area contributed by atoms with Gasteiger partial charge in [0.2, 0.25) is 0 Å². The molecule has 0 bridgehead atoms. The summed E-state index contributed by atoms with van der Waals surface area (Å²) >= 11 is 5.51. The van der Waals surface area contributed by atoms with E-state index in [4.69, 9.17) is 4.74 Å². The van der Waals surface area contributed by atoms with E-state index in [0.717, 1.165) is 25.7 Å². The number of aryl methyl sites for hydroxylation is 1. The van der Waals surface area contributed by atoms with E-state index in [0.29, 0.717) is 6.04 Å². The standard InChI is InChI=1S/C14H21BrN2OS/c1-9-11(15)7-13(19-9)14-12(8-16-10-3-4-10)18-6-5-17(14)2/h7,10,12,14,16H,3-6,8H2,1-2H3. The van der Waals surface area contributed by atoms with Crippen LogP contribution in [0.3, 0.4) is 0 Å². The molecule has 3 rings (SSSR count). The Kier molecular flexibility index (Phi) is 4.29. The van der Waals surface area contributed by atoms with Gasteiger partial charge in [0.05, 0.1) is 18.8 Å². The Balaban J connectivity index is 1.75. The number of halogens is 1. The van der Waals surface area contributed by atoms with Crippen LogP contribution in [0.2, 0.25) is 0 Å². The molecule has 1 aliphatic carbocycles. The Morgan fingerprint density at radius 3 is 2.95 bits per heavy atom. The minimum atomic E-state index is 0.268. The first kappa shape index (κ1) is 14.0. The molecule has 2 fully saturated rings. The number of hydrogen-bond acceptors (Lipinski definition) is 4. The summed E-state index contributed by atoms with van der Waals surface area (Å²) in [5.74, 6) is 0. The first-order valence-electron chi connectivity index (χ1n) is 6.96. The van der Waals surface area contributed by atoms with Crippen molar-refractivity contribution in [2.45, 2.75) is 38.0 Å². The molecule has 1 saturated heterocycles. The minimum Gasteiger partial charge on any atom is -0.374 e. The summed E-state index contributed by atoms with van der Waals surface area (Å²) in [4.78, 5) is 5.19. The van der Waals surface area contributed by atoms with Crippen molar-refractivity contribution in [1.29, 1.82) is 0 Å². The zero-order chi connectivity index (χ0) is 13.4. The van der Waals surface area contributed by atoms with Gasteiger partial charge in [-0.2, -0.15) is 0 Å². The zero-order valence-corrected chi connectivity index (χ0v) is 13.9. The molecule has 2 heterocycles. The number of nitrogens with zero attached hydrogens (tertiary/aromatic N) is 1. The topological polar surface area (TPSA) is 24.5 Å². The molecule has 5 heteroatoms. The molecule has 1 aromatic heterocycles. The molecular weight excluding hydrogens is 324 g/mol. The normalized spacial score (nSPS) is 28.8. The molecule has 0 amide bonds. The van der Waals surface area contributed by atoms with Crippen LogP contribution >= 0.6 is 27.3 Å². The van der Waals surface area contributed by atoms with Gasteiger partial charge in [-0.1, -0.05) is 0 Å². The monoisotopic (exact) mass is 344 g/mol. The molecule has 2 aliphatic rings. The highest BCUT2D eigenvalue weighted by atomic mass is 79.9. The largest absolute Gasteiger partial charge is 0.374 e. The summed E-state index contributed by atoms with van der Waals surface area (Å²) in [5.41, 5.74) is 0. The van der Waals surface area contributed by atoms with Gasteiger partial charge in [-0.3, -0.25) is 4.90 Å². The molecule has 1 saturated carbocycles. The highest BCUT2D eigenvalue weighted by Gasteiger charge is 2.34. The van der Waals surface area contributed by atoms with E-state index < -0.39 is 0 Å². The van der Waals surface area contributed by atoms with E-state index >= 15 is 0 Å². The fourth-order valence-electron chi connectivity index (χ4n) is 2.63. The molecule has 0 radical (unpaired) electrons. The lowest BCUT2D eigenvalue weighted by molar-refractivity contribution is -0.0603. The van der Waals surface area contributed by atoms with E-state index in [1.54, 1.807) is 0 Å². The minimum absolute atomic E-state index is 0.268. The first-order chi connectivity index (χ1) is 9.15. The van der Waals surface area contributed by atoms with Crippen LogP contribution in [0.25, 0.3) is 0 Å². The van der Waals surface area contributed by atoms with Gasteiger partial charge >= 0.3 is 0 Å². The lowest BCUT2D eigenvalue weighted by Gasteiger charge is -2.38. The average Bonchev–Trinajstić information content (AvgIpc) is 3.14. The van der Waals surface area contributed by atoms with Crippen LogP contribution in [0.1, 0.15) is 28.6 Å². The summed E-state index contributed by atoms with van der Waals surface area (Å²) in [6, 6.07) is 3.39. The van der Waals surface area contributed by atoms with Gasteiger partial charge in [0.15, 0.2) is 0 Å². The quantitative estimate of drug-likeness (QED) is 0.908. The van der Waals surface area contributed by atoms with Crippen LogP contribution in [0.15, 0.2) is 10.5 Å². The molecule has 1 N–H and O–H groups in total. The van der Waals surface area contributed by atoms with Crippen molar-refractivity contribution >= 4 is 27.3 Å². The van der Waals surface area contributed by atoms with Crippen LogP contribution in [-0.2, 0) is 4.74 Å². The van der Waals surface area contributed by atoms with Gasteiger partial charge in [-0.25, -0.2) is 0 Å². The van der Waals surface area contributed by atoms with Crippen molar-refractivity contribution in [2.24, 2.45) is 0 Å². The third-order valence-corrected chi connectivity index (χ3v) is 6.16. The van der Waals surface area contributed by atoms with Crippen molar-refractivity contribution in [3.63, 3.8) is 0 Å². The molecule has 0 spiro atoms. The summed E-state index contributed by atoms with van der Waals surface area (Å²) in [7, 11) is 2.21. The van der Waals surface area contributed by atoms with Crippen molar-refractivity contribution < 1.29 is 4.74 Å². The number of thiophene rings is 1. The second kappa shape index (κ2) is 5.82. The molecule has 1 aromatic rings. The van der Waals surface area contributed by atoms with Gasteiger partial charge in [-0.15, -0.1) is 11.3 Å². The molecule has 1 aliphatic heterocycles. The Hall–Kier alpha value is 0.0600. The Labute approximate surface area is 127 Å². The Morgan fingerprint density at radius 2 is 2.32 bits per heavy atom. The Bertz CT molecular complexity index is 427. The summed E-state index contributed by atoms with van der Waals surface area (Å²) in [6.07, 6.45) is 2.93. The van der Waals surface area contributed by atoms with Gasteiger partial charge in [0, 0.05) is 33.4 Å². The highest BCUT2D eigenvalue weighted by Crippen LogP contribution is 2.37. The zero-order valence-electron chi connectivity index (χ0n) is 11.5. The third-order valence-electron chi connectivity index (χ3n) is 3.96. The summed E-state index contributed by atoms with van der Waals surface area (Å²) < 4.78 is 7.25. The van der Waals surface area contributed by atoms with E-state index in [9.17, 15) is 0 Å². The lowest BCUT2D eigenvalue weighted by atomic mass is 10.1. The maximum atomic E-state index is 6.03. The third kappa shape index (κ3) is 3.22. The van der Waals surface area contributed by atoms with Crippen LogP contribution in [-0.4, -0.2) is 43.8 Å². The molecule has 106 valence electrons. The number of morpholine rings is 1. The first-order valence-corrected chi connectivity index (χ1v) is 8.57. The van der Waals surface area contributed by atoms with Gasteiger partial charge < -0.3 is 10.1 Å². The second-order valence-electron chi connectivity index (χ2n) is 5.57. The molecular formula is C14H21BrN2OS. The summed E-state index contributed by atoms with van der Waals surface area (Å²) in [5, 5.41) is 3.61. The van der Waals surface area contributed by atoms with E-state index in [2.05, 4.69) is 46.2 Å². The van der Waals surface area contributed by atoms with Crippen molar-refractivity contribution in [1.82, 2.24) is 10.2 Å². The Morgan fingerprint density at radius 1 is 1.53 bits per heavy atom. The van der Waals surface area contributed by atoms with Crippen LogP contribution < -0.4 is 5.32 Å². The number of rotatable bonds is 4. The second-order valence-corrected chi connectivity index (χ2v) is 7.71. The fourth-order valence-corrected chi connectivity index (χ4v) is 4.41. The van der Waals surface area contributed by atoms with Gasteiger partial charge in [0.25, 0.3) is 0 Å². The van der Waals surface area contributed by atoms with Crippen molar-refractivity contribution in [3.8, 4) is 0 Å². The number of likely N-dealkylation sites (N-methyl/N-ethyl adjacent to an activating group) is 1. The number of hydrogen-bond donors (Lipinski definition) is 1. The van der Waals surface area contributed by atoms with Crippen molar-refractivity contribution in [3.05, 3.63) is 20.3 Å². The molecule has 3 nitrogen and oxygen atoms in total. The fraction of sp³-hybridized carbons (Fsp3) is 0.714. The van der Waals surface area contributed by atoms with Gasteiger partial charge in [-0.05, 0) is 48.8 Å². The predicted octanol–water partition coefficient (Wildman–Crippen LogP) is 2.94. The lowest BCUT2D eigenvalue weighted by Crippen LogP contribution is -2.47.